The van der Waals surface area contributed by atoms with Crippen LogP contribution in [0.3, 0.4) is 0 Å². The fraction of sp³-hybridized carbons (Fsp3) is 0.273. The van der Waals surface area contributed by atoms with Crippen molar-refractivity contribution in [1.82, 2.24) is 0 Å². The lowest BCUT2D eigenvalue weighted by Crippen LogP contribution is -2.26. The monoisotopic (exact) mass is 498 g/mol. The fourth-order valence-corrected chi connectivity index (χ4v) is 9.24. The standard InChI is InChI=1S/C22H24ClO5PS2/c1-15(2)13-28-31(24,25)20-14-30-22(23)21(20)29(18-11-7-5-9-16(18)26-3)19-12-8-6-10-17(19)27-4/h5-12,14-15H,13H2,1-4H3. The maximum absolute atomic E-state index is 13.1. The van der Waals surface area contributed by atoms with Gasteiger partial charge in [0, 0.05) is 21.3 Å². The van der Waals surface area contributed by atoms with Crippen LogP contribution >= 0.6 is 30.9 Å². The SMILES string of the molecule is COc1ccccc1P(c1ccccc1OC)c1c(S(=O)(=O)OCC(C)C)csc1Cl. The summed E-state index contributed by atoms with van der Waals surface area (Å²) in [6, 6.07) is 15.1. The largest absolute Gasteiger partial charge is 0.496 e. The minimum atomic E-state index is -4.00. The van der Waals surface area contributed by atoms with Crippen molar-refractivity contribution in [1.29, 1.82) is 0 Å². The highest BCUT2D eigenvalue weighted by Crippen LogP contribution is 2.45. The third-order valence-corrected chi connectivity index (χ3v) is 10.1. The molecule has 3 rings (SSSR count). The van der Waals surface area contributed by atoms with Gasteiger partial charge in [-0.05, 0) is 26.0 Å². The molecule has 0 N–H and O–H groups in total. The van der Waals surface area contributed by atoms with Gasteiger partial charge in [-0.2, -0.15) is 8.42 Å². The topological polar surface area (TPSA) is 61.8 Å². The van der Waals surface area contributed by atoms with Gasteiger partial charge in [-0.15, -0.1) is 11.3 Å². The molecule has 166 valence electrons. The maximum atomic E-state index is 13.1. The van der Waals surface area contributed by atoms with E-state index in [0.29, 0.717) is 21.1 Å². The van der Waals surface area contributed by atoms with E-state index >= 15 is 0 Å². The number of hydrogen-bond acceptors (Lipinski definition) is 6. The molecule has 0 spiro atoms. The summed E-state index contributed by atoms with van der Waals surface area (Å²) in [4.78, 5) is 0.0890. The van der Waals surface area contributed by atoms with Crippen LogP contribution in [0.1, 0.15) is 13.8 Å². The molecule has 2 aromatic carbocycles. The molecule has 5 nitrogen and oxygen atoms in total. The minimum Gasteiger partial charge on any atom is -0.496 e. The van der Waals surface area contributed by atoms with E-state index in [0.717, 1.165) is 10.6 Å². The first kappa shape index (κ1) is 24.0. The Morgan fingerprint density at radius 2 is 1.48 bits per heavy atom. The summed E-state index contributed by atoms with van der Waals surface area (Å²) in [5.74, 6) is 1.36. The number of halogens is 1. The lowest BCUT2D eigenvalue weighted by atomic mass is 10.2. The lowest BCUT2D eigenvalue weighted by molar-refractivity contribution is 0.275. The van der Waals surface area contributed by atoms with Crippen LogP contribution in [0.5, 0.6) is 11.5 Å². The minimum absolute atomic E-state index is 0.0669. The highest BCUT2D eigenvalue weighted by atomic mass is 35.5. The van der Waals surface area contributed by atoms with Gasteiger partial charge in [-0.25, -0.2) is 0 Å². The van der Waals surface area contributed by atoms with E-state index in [4.69, 9.17) is 25.3 Å². The molecule has 3 aromatic rings. The maximum Gasteiger partial charge on any atom is 0.298 e. The van der Waals surface area contributed by atoms with Crippen LogP contribution in [-0.2, 0) is 14.3 Å². The summed E-state index contributed by atoms with van der Waals surface area (Å²) in [6.07, 6.45) is 0. The molecule has 1 aromatic heterocycles. The van der Waals surface area contributed by atoms with E-state index in [1.54, 1.807) is 19.6 Å². The van der Waals surface area contributed by atoms with Crippen LogP contribution in [0.25, 0.3) is 0 Å². The van der Waals surface area contributed by atoms with Crippen molar-refractivity contribution in [2.24, 2.45) is 5.92 Å². The Kier molecular flexibility index (Phi) is 8.00. The average Bonchev–Trinajstić information content (AvgIpc) is 3.15. The van der Waals surface area contributed by atoms with Crippen molar-refractivity contribution < 1.29 is 22.1 Å². The molecule has 0 aliphatic heterocycles. The summed E-state index contributed by atoms with van der Waals surface area (Å²) >= 11 is 7.81. The second-order valence-electron chi connectivity index (χ2n) is 7.03. The fourth-order valence-electron chi connectivity index (χ4n) is 2.98. The number of hydrogen-bond donors (Lipinski definition) is 0. The van der Waals surface area contributed by atoms with Gasteiger partial charge in [0.05, 0.1) is 20.8 Å². The molecular formula is C22H24ClO5PS2. The van der Waals surface area contributed by atoms with Gasteiger partial charge in [-0.1, -0.05) is 61.8 Å². The van der Waals surface area contributed by atoms with Gasteiger partial charge >= 0.3 is 0 Å². The molecule has 1 heterocycles. The third kappa shape index (κ3) is 5.24. The van der Waals surface area contributed by atoms with Gasteiger partial charge in [0.1, 0.15) is 20.7 Å². The van der Waals surface area contributed by atoms with Crippen LogP contribution in [0.15, 0.2) is 58.8 Å². The Hall–Kier alpha value is -1.63. The average molecular weight is 499 g/mol. The van der Waals surface area contributed by atoms with E-state index < -0.39 is 18.0 Å². The molecule has 0 radical (unpaired) electrons. The van der Waals surface area contributed by atoms with Crippen LogP contribution in [0, 0.1) is 5.92 Å². The van der Waals surface area contributed by atoms with Crippen molar-refractivity contribution in [3.63, 3.8) is 0 Å². The molecule has 0 saturated carbocycles. The zero-order valence-electron chi connectivity index (χ0n) is 17.7. The summed E-state index contributed by atoms with van der Waals surface area (Å²) in [5, 5.41) is 3.74. The molecule has 0 aliphatic rings. The Morgan fingerprint density at radius 3 is 1.97 bits per heavy atom. The Morgan fingerprint density at radius 1 is 0.968 bits per heavy atom. The van der Waals surface area contributed by atoms with Gasteiger partial charge < -0.3 is 9.47 Å². The van der Waals surface area contributed by atoms with Crippen LogP contribution < -0.4 is 25.4 Å². The van der Waals surface area contributed by atoms with Gasteiger partial charge in [-0.3, -0.25) is 4.18 Å². The molecule has 9 heteroatoms. The first-order valence-corrected chi connectivity index (χ1v) is 13.5. The number of benzene rings is 2. The van der Waals surface area contributed by atoms with E-state index in [1.165, 1.54) is 11.3 Å². The first-order chi connectivity index (χ1) is 14.8. The smallest absolute Gasteiger partial charge is 0.298 e. The zero-order chi connectivity index (χ0) is 22.6. The molecule has 0 fully saturated rings. The number of para-hydroxylation sites is 2. The normalized spacial score (nSPS) is 11.8. The van der Waals surface area contributed by atoms with E-state index in [2.05, 4.69) is 0 Å². The molecule has 0 aliphatic carbocycles. The quantitative estimate of drug-likeness (QED) is 0.320. The van der Waals surface area contributed by atoms with E-state index in [9.17, 15) is 8.42 Å². The molecule has 0 amide bonds. The van der Waals surface area contributed by atoms with E-state index in [1.807, 2.05) is 62.4 Å². The van der Waals surface area contributed by atoms with Crippen molar-refractivity contribution in [3.8, 4) is 11.5 Å². The third-order valence-electron chi connectivity index (χ3n) is 4.39. The first-order valence-electron chi connectivity index (χ1n) is 9.52. The molecular weight excluding hydrogens is 475 g/mol. The second kappa shape index (κ2) is 10.3. The van der Waals surface area contributed by atoms with Crippen LogP contribution in [0.2, 0.25) is 4.34 Å². The molecule has 0 bridgehead atoms. The molecule has 0 saturated heterocycles. The van der Waals surface area contributed by atoms with Gasteiger partial charge in [0.2, 0.25) is 0 Å². The van der Waals surface area contributed by atoms with Crippen molar-refractivity contribution in [2.45, 2.75) is 18.7 Å². The predicted molar refractivity (Wildman–Crippen MR) is 129 cm³/mol. The highest BCUT2D eigenvalue weighted by molar-refractivity contribution is 7.89. The Balaban J connectivity index is 2.29. The highest BCUT2D eigenvalue weighted by Gasteiger charge is 2.33. The number of rotatable bonds is 9. The number of methoxy groups -OCH3 is 2. The van der Waals surface area contributed by atoms with Crippen molar-refractivity contribution in [2.75, 3.05) is 20.8 Å². The molecule has 31 heavy (non-hydrogen) atoms. The second-order valence-corrected chi connectivity index (χ2v) is 12.2. The summed E-state index contributed by atoms with van der Waals surface area (Å²) in [6.45, 7) is 3.89. The van der Waals surface area contributed by atoms with Crippen LogP contribution in [-0.4, -0.2) is 29.2 Å². The summed E-state index contributed by atoms with van der Waals surface area (Å²) in [5.41, 5.74) is 0. The van der Waals surface area contributed by atoms with E-state index in [-0.39, 0.29) is 17.4 Å². The number of thiophene rings is 1. The van der Waals surface area contributed by atoms with Gasteiger partial charge in [0.15, 0.2) is 0 Å². The number of ether oxygens (including phenoxy) is 2. The molecule has 0 unspecified atom stereocenters. The summed E-state index contributed by atoms with van der Waals surface area (Å²) < 4.78 is 43.2. The molecule has 0 atom stereocenters. The van der Waals surface area contributed by atoms with Crippen molar-refractivity contribution >= 4 is 56.9 Å². The van der Waals surface area contributed by atoms with Crippen molar-refractivity contribution in [3.05, 3.63) is 58.2 Å². The Labute approximate surface area is 193 Å². The lowest BCUT2D eigenvalue weighted by Gasteiger charge is -2.24. The summed E-state index contributed by atoms with van der Waals surface area (Å²) in [7, 11) is -2.25. The zero-order valence-corrected chi connectivity index (χ0v) is 20.9. The van der Waals surface area contributed by atoms with Crippen LogP contribution in [0.4, 0.5) is 0 Å². The Bertz CT molecular complexity index is 1100. The van der Waals surface area contributed by atoms with Gasteiger partial charge in [0.25, 0.3) is 10.1 Å². The predicted octanol–water partition coefficient (Wildman–Crippen LogP) is 4.54.